The van der Waals surface area contributed by atoms with E-state index in [4.69, 9.17) is 0 Å². The van der Waals surface area contributed by atoms with Gasteiger partial charge in [0.05, 0.1) is 0 Å². The third kappa shape index (κ3) is 1.37. The Labute approximate surface area is 66.2 Å². The van der Waals surface area contributed by atoms with Crippen molar-refractivity contribution in [2.75, 3.05) is 5.32 Å². The molecule has 1 fully saturated rings. The molecule has 2 rings (SSSR count). The van der Waals surface area contributed by atoms with E-state index < -0.39 is 0 Å². The van der Waals surface area contributed by atoms with E-state index in [0.29, 0.717) is 6.04 Å². The van der Waals surface area contributed by atoms with Crippen molar-refractivity contribution in [1.82, 2.24) is 9.97 Å². The highest BCUT2D eigenvalue weighted by Gasteiger charge is 2.17. The van der Waals surface area contributed by atoms with E-state index in [0.717, 1.165) is 11.6 Å². The lowest BCUT2D eigenvalue weighted by molar-refractivity contribution is 0.443. The molecule has 3 heteroatoms. The van der Waals surface area contributed by atoms with Crippen molar-refractivity contribution in [1.29, 1.82) is 0 Å². The molecule has 11 heavy (non-hydrogen) atoms. The maximum absolute atomic E-state index is 4.17. The van der Waals surface area contributed by atoms with Crippen LogP contribution in [0.1, 0.15) is 25.0 Å². The molecule has 1 aromatic rings. The second kappa shape index (κ2) is 2.57. The number of hydrogen-bond donors (Lipinski definition) is 2. The molecule has 0 amide bonds. The highest BCUT2D eigenvalue weighted by molar-refractivity contribution is 5.28. The molecule has 1 aromatic heterocycles. The van der Waals surface area contributed by atoms with Crippen molar-refractivity contribution >= 4 is 5.95 Å². The van der Waals surface area contributed by atoms with E-state index in [9.17, 15) is 0 Å². The minimum Gasteiger partial charge on any atom is -0.353 e. The van der Waals surface area contributed by atoms with Gasteiger partial charge in [0.25, 0.3) is 0 Å². The fourth-order valence-corrected chi connectivity index (χ4v) is 1.23. The van der Waals surface area contributed by atoms with E-state index >= 15 is 0 Å². The lowest BCUT2D eigenvalue weighted by atomic mass is 9.93. The second-order valence-corrected chi connectivity index (χ2v) is 3.19. The zero-order valence-electron chi connectivity index (χ0n) is 6.72. The first-order chi connectivity index (χ1) is 5.34. The van der Waals surface area contributed by atoms with E-state index in [-0.39, 0.29) is 0 Å². The zero-order chi connectivity index (χ0) is 7.68. The SMILES string of the molecule is Cc1cnc(NC2CCC2)[nH]1. The quantitative estimate of drug-likeness (QED) is 0.675. The van der Waals surface area contributed by atoms with Crippen LogP contribution in [0, 0.1) is 6.92 Å². The minimum absolute atomic E-state index is 0.667. The minimum atomic E-state index is 0.667. The molecule has 0 spiro atoms. The third-order valence-electron chi connectivity index (χ3n) is 2.15. The van der Waals surface area contributed by atoms with Gasteiger partial charge in [-0.15, -0.1) is 0 Å². The van der Waals surface area contributed by atoms with Crippen LogP contribution in [0.3, 0.4) is 0 Å². The summed E-state index contributed by atoms with van der Waals surface area (Å²) in [6.07, 6.45) is 5.79. The van der Waals surface area contributed by atoms with Crippen LogP contribution in [0.25, 0.3) is 0 Å². The number of H-pyrrole nitrogens is 1. The molecule has 2 N–H and O–H groups in total. The maximum Gasteiger partial charge on any atom is 0.200 e. The summed E-state index contributed by atoms with van der Waals surface area (Å²) < 4.78 is 0. The van der Waals surface area contributed by atoms with Crippen LogP contribution < -0.4 is 5.32 Å². The molecular formula is C8H13N3. The standard InChI is InChI=1S/C8H13N3/c1-6-5-9-8(10-6)11-7-3-2-4-7/h5,7H,2-4H2,1H3,(H2,9,10,11). The largest absolute Gasteiger partial charge is 0.353 e. The van der Waals surface area contributed by atoms with Gasteiger partial charge in [-0.3, -0.25) is 0 Å². The number of aromatic nitrogens is 2. The van der Waals surface area contributed by atoms with E-state index in [2.05, 4.69) is 15.3 Å². The lowest BCUT2D eigenvalue weighted by Crippen LogP contribution is -2.27. The number of nitrogens with one attached hydrogen (secondary N) is 2. The average Bonchev–Trinajstić information content (AvgIpc) is 2.27. The summed E-state index contributed by atoms with van der Waals surface area (Å²) in [5.74, 6) is 0.923. The predicted molar refractivity (Wildman–Crippen MR) is 44.6 cm³/mol. The van der Waals surface area contributed by atoms with Gasteiger partial charge >= 0.3 is 0 Å². The maximum atomic E-state index is 4.17. The number of hydrogen-bond acceptors (Lipinski definition) is 2. The Balaban J connectivity index is 1.95. The van der Waals surface area contributed by atoms with Gasteiger partial charge in [0.2, 0.25) is 5.95 Å². The molecule has 1 aliphatic rings. The topological polar surface area (TPSA) is 40.7 Å². The fourth-order valence-electron chi connectivity index (χ4n) is 1.23. The number of imidazole rings is 1. The molecule has 1 aliphatic carbocycles. The summed E-state index contributed by atoms with van der Waals surface area (Å²) >= 11 is 0. The lowest BCUT2D eigenvalue weighted by Gasteiger charge is -2.25. The van der Waals surface area contributed by atoms with E-state index in [1.165, 1.54) is 19.3 Å². The van der Waals surface area contributed by atoms with Crippen molar-refractivity contribution in [3.8, 4) is 0 Å². The van der Waals surface area contributed by atoms with Crippen molar-refractivity contribution in [3.05, 3.63) is 11.9 Å². The first-order valence-electron chi connectivity index (χ1n) is 4.13. The molecule has 60 valence electrons. The smallest absolute Gasteiger partial charge is 0.200 e. The summed E-state index contributed by atoms with van der Waals surface area (Å²) in [4.78, 5) is 7.32. The van der Waals surface area contributed by atoms with Gasteiger partial charge in [-0.25, -0.2) is 4.98 Å². The van der Waals surface area contributed by atoms with Gasteiger partial charge in [-0.1, -0.05) is 0 Å². The number of aryl methyl sites for hydroxylation is 1. The molecule has 0 unspecified atom stereocenters. The third-order valence-corrected chi connectivity index (χ3v) is 2.15. The van der Waals surface area contributed by atoms with Gasteiger partial charge in [0.15, 0.2) is 0 Å². The van der Waals surface area contributed by atoms with Crippen LogP contribution in [-0.2, 0) is 0 Å². The summed E-state index contributed by atoms with van der Waals surface area (Å²) in [6.45, 7) is 2.01. The Morgan fingerprint density at radius 3 is 2.91 bits per heavy atom. The van der Waals surface area contributed by atoms with Crippen molar-refractivity contribution in [2.24, 2.45) is 0 Å². The van der Waals surface area contributed by atoms with E-state index in [1.54, 1.807) is 0 Å². The normalized spacial score (nSPS) is 17.9. The Morgan fingerprint density at radius 2 is 2.45 bits per heavy atom. The highest BCUT2D eigenvalue weighted by atomic mass is 15.1. The Hall–Kier alpha value is -0.990. The molecule has 0 bridgehead atoms. The molecule has 1 saturated carbocycles. The highest BCUT2D eigenvalue weighted by Crippen LogP contribution is 2.21. The first-order valence-corrected chi connectivity index (χ1v) is 4.13. The van der Waals surface area contributed by atoms with Crippen molar-refractivity contribution in [2.45, 2.75) is 32.2 Å². The predicted octanol–water partition coefficient (Wildman–Crippen LogP) is 1.68. The number of aromatic amines is 1. The van der Waals surface area contributed by atoms with Crippen LogP contribution in [0.4, 0.5) is 5.95 Å². The average molecular weight is 151 g/mol. The number of anilines is 1. The van der Waals surface area contributed by atoms with Gasteiger partial charge < -0.3 is 10.3 Å². The molecule has 0 aliphatic heterocycles. The number of nitrogens with zero attached hydrogens (tertiary/aromatic N) is 1. The monoisotopic (exact) mass is 151 g/mol. The molecule has 3 nitrogen and oxygen atoms in total. The second-order valence-electron chi connectivity index (χ2n) is 3.19. The van der Waals surface area contributed by atoms with Crippen molar-refractivity contribution < 1.29 is 0 Å². The zero-order valence-corrected chi connectivity index (χ0v) is 6.72. The Morgan fingerprint density at radius 1 is 1.64 bits per heavy atom. The molecule has 0 aromatic carbocycles. The van der Waals surface area contributed by atoms with Gasteiger partial charge in [0, 0.05) is 17.9 Å². The summed E-state index contributed by atoms with van der Waals surface area (Å²) in [6, 6.07) is 0.667. The van der Waals surface area contributed by atoms with Gasteiger partial charge in [-0.2, -0.15) is 0 Å². The molecular weight excluding hydrogens is 138 g/mol. The van der Waals surface area contributed by atoms with E-state index in [1.807, 2.05) is 13.1 Å². The van der Waals surface area contributed by atoms with Crippen LogP contribution in [0.2, 0.25) is 0 Å². The fraction of sp³-hybridized carbons (Fsp3) is 0.625. The summed E-state index contributed by atoms with van der Waals surface area (Å²) in [5, 5.41) is 3.33. The van der Waals surface area contributed by atoms with Crippen LogP contribution in [-0.4, -0.2) is 16.0 Å². The van der Waals surface area contributed by atoms with Crippen molar-refractivity contribution in [3.63, 3.8) is 0 Å². The van der Waals surface area contributed by atoms with Crippen LogP contribution in [0.15, 0.2) is 6.20 Å². The summed E-state index contributed by atoms with van der Waals surface area (Å²) in [7, 11) is 0. The van der Waals surface area contributed by atoms with Gasteiger partial charge in [0.1, 0.15) is 0 Å². The van der Waals surface area contributed by atoms with Crippen LogP contribution >= 0.6 is 0 Å². The Bertz CT molecular complexity index is 237. The molecule has 1 heterocycles. The molecule has 0 saturated heterocycles. The molecule has 0 atom stereocenters. The molecule has 0 radical (unpaired) electrons. The van der Waals surface area contributed by atoms with Crippen LogP contribution in [0.5, 0.6) is 0 Å². The number of rotatable bonds is 2. The first kappa shape index (κ1) is 6.70. The Kier molecular flexibility index (Phi) is 1.56. The van der Waals surface area contributed by atoms with Gasteiger partial charge in [-0.05, 0) is 26.2 Å². The summed E-state index contributed by atoms with van der Waals surface area (Å²) in [5.41, 5.74) is 1.12.